The lowest BCUT2D eigenvalue weighted by Gasteiger charge is -2.36. The van der Waals surface area contributed by atoms with Gasteiger partial charge in [-0.3, -0.25) is 4.79 Å². The van der Waals surface area contributed by atoms with Crippen molar-refractivity contribution in [2.45, 2.75) is 83.3 Å². The van der Waals surface area contributed by atoms with E-state index in [0.717, 1.165) is 18.9 Å². The minimum atomic E-state index is -1.28. The topological polar surface area (TPSA) is 61.8 Å². The summed E-state index contributed by atoms with van der Waals surface area (Å²) in [7, 11) is -1.28. The molecule has 0 saturated carbocycles. The first-order valence-corrected chi connectivity index (χ1v) is 12.7. The normalized spacial score (nSPS) is 20.2. The molecule has 0 aliphatic carbocycles. The highest BCUT2D eigenvalue weighted by atomic mass is 28.3. The van der Waals surface area contributed by atoms with Crippen molar-refractivity contribution < 1.29 is 23.8 Å². The fourth-order valence-electron chi connectivity index (χ4n) is 2.22. The lowest BCUT2D eigenvalue weighted by atomic mass is 9.90. The van der Waals surface area contributed by atoms with Gasteiger partial charge in [-0.25, -0.2) is 4.79 Å². The fourth-order valence-corrected chi connectivity index (χ4v) is 2.93. The van der Waals surface area contributed by atoms with E-state index in [1.807, 2.05) is 13.8 Å². The molecule has 1 aliphatic heterocycles. The SMILES string of the molecule is CCCCOC(C)(C)C#CC[C@]1(C(=O)OCC[Si](C)(C)C)CC(=O)O1. The van der Waals surface area contributed by atoms with E-state index in [1.54, 1.807) is 0 Å². The van der Waals surface area contributed by atoms with Crippen molar-refractivity contribution in [3.63, 3.8) is 0 Å². The van der Waals surface area contributed by atoms with E-state index < -0.39 is 25.2 Å². The molecule has 0 aromatic rings. The van der Waals surface area contributed by atoms with Gasteiger partial charge >= 0.3 is 11.9 Å². The van der Waals surface area contributed by atoms with Gasteiger partial charge in [0.05, 0.1) is 19.4 Å². The Morgan fingerprint density at radius 1 is 1.32 bits per heavy atom. The van der Waals surface area contributed by atoms with Gasteiger partial charge in [0.15, 0.2) is 0 Å². The number of carbonyl (C=O) groups is 2. The van der Waals surface area contributed by atoms with Crippen LogP contribution in [0.1, 0.15) is 46.5 Å². The number of hydrogen-bond acceptors (Lipinski definition) is 5. The Balaban J connectivity index is 2.60. The molecular weight excluding hydrogens is 336 g/mol. The van der Waals surface area contributed by atoms with E-state index in [2.05, 4.69) is 38.4 Å². The summed E-state index contributed by atoms with van der Waals surface area (Å²) in [5.41, 5.74) is -1.82. The number of rotatable bonds is 9. The minimum absolute atomic E-state index is 0.0323. The van der Waals surface area contributed by atoms with Gasteiger partial charge in [0.25, 0.3) is 0 Å². The summed E-state index contributed by atoms with van der Waals surface area (Å²) >= 11 is 0. The summed E-state index contributed by atoms with van der Waals surface area (Å²) in [6.45, 7) is 13.5. The summed E-state index contributed by atoms with van der Waals surface area (Å²) < 4.78 is 16.2. The Hall–Kier alpha value is -1.32. The molecule has 1 atom stereocenters. The van der Waals surface area contributed by atoms with Gasteiger partial charge < -0.3 is 14.2 Å². The monoisotopic (exact) mass is 368 g/mol. The Morgan fingerprint density at radius 2 is 1.96 bits per heavy atom. The molecule has 0 spiro atoms. The Morgan fingerprint density at radius 3 is 2.48 bits per heavy atom. The van der Waals surface area contributed by atoms with E-state index in [-0.39, 0.29) is 18.8 Å². The lowest BCUT2D eigenvalue weighted by molar-refractivity contribution is -0.206. The number of ether oxygens (including phenoxy) is 3. The quantitative estimate of drug-likeness (QED) is 0.270. The van der Waals surface area contributed by atoms with Crippen molar-refractivity contribution in [1.82, 2.24) is 0 Å². The van der Waals surface area contributed by atoms with Crippen LogP contribution in [-0.2, 0) is 23.8 Å². The smallest absolute Gasteiger partial charge is 0.352 e. The van der Waals surface area contributed by atoms with Gasteiger partial charge in [-0.05, 0) is 26.3 Å². The summed E-state index contributed by atoms with van der Waals surface area (Å²) in [5.74, 6) is 5.12. The van der Waals surface area contributed by atoms with Crippen molar-refractivity contribution in [3.8, 4) is 11.8 Å². The second-order valence-corrected chi connectivity index (χ2v) is 13.9. The highest BCUT2D eigenvalue weighted by molar-refractivity contribution is 6.76. The van der Waals surface area contributed by atoms with E-state index in [0.29, 0.717) is 13.2 Å². The molecule has 0 amide bonds. The number of unbranched alkanes of at least 4 members (excludes halogenated alkanes) is 1. The zero-order valence-corrected chi connectivity index (χ0v) is 17.5. The van der Waals surface area contributed by atoms with Gasteiger partial charge in [-0.15, -0.1) is 0 Å². The van der Waals surface area contributed by atoms with Gasteiger partial charge in [0, 0.05) is 14.7 Å². The zero-order valence-electron chi connectivity index (χ0n) is 16.5. The molecule has 1 heterocycles. The molecule has 142 valence electrons. The lowest BCUT2D eigenvalue weighted by Crippen LogP contribution is -2.54. The zero-order chi connectivity index (χ0) is 19.1. The second kappa shape index (κ2) is 8.86. The molecule has 5 nitrogen and oxygen atoms in total. The van der Waals surface area contributed by atoms with Crippen molar-refractivity contribution in [1.29, 1.82) is 0 Å². The van der Waals surface area contributed by atoms with Crippen molar-refractivity contribution in [3.05, 3.63) is 0 Å². The molecule has 0 aromatic heterocycles. The number of esters is 2. The molecular formula is C19H32O5Si. The summed E-state index contributed by atoms with van der Waals surface area (Å²) in [4.78, 5) is 23.7. The van der Waals surface area contributed by atoms with Crippen LogP contribution in [0.4, 0.5) is 0 Å². The number of carbonyl (C=O) groups excluding carboxylic acids is 2. The van der Waals surface area contributed by atoms with E-state index >= 15 is 0 Å². The first kappa shape index (κ1) is 21.7. The molecule has 1 fully saturated rings. The standard InChI is InChI=1S/C19H32O5Si/c1-7-8-12-23-18(2,3)10-9-11-19(15-16(20)24-19)17(21)22-13-14-25(4,5)6/h7-8,11-15H2,1-6H3/t19-/m1/s1. The van der Waals surface area contributed by atoms with Crippen LogP contribution in [0.5, 0.6) is 0 Å². The summed E-state index contributed by atoms with van der Waals surface area (Å²) in [6, 6.07) is 0.882. The first-order chi connectivity index (χ1) is 11.5. The Kier molecular flexibility index (Phi) is 7.70. The van der Waals surface area contributed by atoms with Crippen LogP contribution in [0.3, 0.4) is 0 Å². The van der Waals surface area contributed by atoms with Gasteiger partial charge in [-0.2, -0.15) is 0 Å². The average Bonchev–Trinajstić information content (AvgIpc) is 2.43. The third-order valence-corrected chi connectivity index (χ3v) is 5.62. The number of cyclic esters (lactones) is 1. The van der Waals surface area contributed by atoms with Crippen LogP contribution < -0.4 is 0 Å². The molecule has 0 aromatic carbocycles. The summed E-state index contributed by atoms with van der Waals surface area (Å²) in [6.07, 6.45) is 2.22. The summed E-state index contributed by atoms with van der Waals surface area (Å²) in [5, 5.41) is 0. The second-order valence-electron chi connectivity index (χ2n) is 8.28. The highest BCUT2D eigenvalue weighted by Crippen LogP contribution is 2.33. The molecule has 0 unspecified atom stereocenters. The maximum atomic E-state index is 12.4. The Labute approximate surface area is 152 Å². The van der Waals surface area contributed by atoms with Crippen molar-refractivity contribution in [2.24, 2.45) is 0 Å². The predicted molar refractivity (Wildman–Crippen MR) is 99.9 cm³/mol. The van der Waals surface area contributed by atoms with E-state index in [1.165, 1.54) is 0 Å². The molecule has 1 saturated heterocycles. The first-order valence-electron chi connectivity index (χ1n) is 9.03. The molecule has 0 bridgehead atoms. The van der Waals surface area contributed by atoms with Crippen molar-refractivity contribution >= 4 is 20.0 Å². The molecule has 1 aliphatic rings. The number of hydrogen-bond donors (Lipinski definition) is 0. The predicted octanol–water partition coefficient (Wildman–Crippen LogP) is 3.54. The molecule has 0 radical (unpaired) electrons. The van der Waals surface area contributed by atoms with Crippen LogP contribution >= 0.6 is 0 Å². The maximum Gasteiger partial charge on any atom is 0.352 e. The molecule has 25 heavy (non-hydrogen) atoms. The maximum absolute atomic E-state index is 12.4. The van der Waals surface area contributed by atoms with E-state index in [9.17, 15) is 9.59 Å². The largest absolute Gasteiger partial charge is 0.463 e. The third kappa shape index (κ3) is 7.62. The van der Waals surface area contributed by atoms with Crippen LogP contribution in [-0.4, -0.2) is 44.4 Å². The highest BCUT2D eigenvalue weighted by Gasteiger charge is 2.53. The Bertz CT molecular complexity index is 528. The van der Waals surface area contributed by atoms with Crippen LogP contribution in [0.2, 0.25) is 25.7 Å². The molecule has 0 N–H and O–H groups in total. The van der Waals surface area contributed by atoms with Gasteiger partial charge in [-0.1, -0.05) is 44.8 Å². The molecule has 6 heteroatoms. The van der Waals surface area contributed by atoms with Gasteiger partial charge in [0.2, 0.25) is 5.60 Å². The minimum Gasteiger partial charge on any atom is -0.463 e. The fraction of sp³-hybridized carbons (Fsp3) is 0.789. The van der Waals surface area contributed by atoms with Gasteiger partial charge in [0.1, 0.15) is 5.60 Å². The van der Waals surface area contributed by atoms with E-state index in [4.69, 9.17) is 14.2 Å². The van der Waals surface area contributed by atoms with Crippen LogP contribution in [0.15, 0.2) is 0 Å². The van der Waals surface area contributed by atoms with Crippen LogP contribution in [0, 0.1) is 11.8 Å². The third-order valence-electron chi connectivity index (χ3n) is 3.92. The van der Waals surface area contributed by atoms with Crippen molar-refractivity contribution in [2.75, 3.05) is 13.2 Å². The molecule has 1 rings (SSSR count). The average molecular weight is 369 g/mol. The van der Waals surface area contributed by atoms with Crippen LogP contribution in [0.25, 0.3) is 0 Å².